The summed E-state index contributed by atoms with van der Waals surface area (Å²) in [4.78, 5) is 10.2. The number of carboxylic acids is 1. The molecule has 0 aromatic heterocycles. The smallest absolute Gasteiger partial charge is 0.480 e. The third-order valence-corrected chi connectivity index (χ3v) is 2.82. The van der Waals surface area contributed by atoms with Crippen molar-refractivity contribution in [1.82, 2.24) is 4.31 Å². The van der Waals surface area contributed by atoms with Crippen molar-refractivity contribution in [2.45, 2.75) is 5.51 Å². The topological polar surface area (TPSA) is 74.7 Å². The molecule has 15 heavy (non-hydrogen) atoms. The first-order chi connectivity index (χ1) is 6.63. The lowest BCUT2D eigenvalue weighted by Gasteiger charge is -2.19. The fourth-order valence-corrected chi connectivity index (χ4v) is 1.56. The van der Waals surface area contributed by atoms with Crippen molar-refractivity contribution in [3.63, 3.8) is 0 Å². The summed E-state index contributed by atoms with van der Waals surface area (Å²) in [5.74, 6) is -1.68. The van der Waals surface area contributed by atoms with E-state index in [-0.39, 0.29) is 4.31 Å². The van der Waals surface area contributed by atoms with Crippen LogP contribution in [0.15, 0.2) is 12.7 Å². The van der Waals surface area contributed by atoms with Crippen LogP contribution in [0.3, 0.4) is 0 Å². The molecule has 5 nitrogen and oxygen atoms in total. The highest BCUT2D eigenvalue weighted by Gasteiger charge is 2.50. The number of carbonyl (C=O) groups is 1. The molecule has 0 amide bonds. The molecule has 9 heteroatoms. The summed E-state index contributed by atoms with van der Waals surface area (Å²) in [6.07, 6.45) is 0.867. The van der Waals surface area contributed by atoms with Crippen LogP contribution in [0.2, 0.25) is 0 Å². The maximum absolute atomic E-state index is 12.0. The molecule has 0 heterocycles. The molecule has 0 spiro atoms. The minimum absolute atomic E-state index is 0.220. The first kappa shape index (κ1) is 13.9. The third kappa shape index (κ3) is 3.51. The van der Waals surface area contributed by atoms with Gasteiger partial charge in [-0.05, 0) is 0 Å². The highest BCUT2D eigenvalue weighted by molar-refractivity contribution is 7.90. The fourth-order valence-electron chi connectivity index (χ4n) is 0.689. The maximum Gasteiger partial charge on any atom is 0.511 e. The number of alkyl halides is 3. The minimum atomic E-state index is -5.61. The molecule has 0 aromatic carbocycles. The molecule has 0 saturated heterocycles. The van der Waals surface area contributed by atoms with E-state index in [4.69, 9.17) is 5.11 Å². The van der Waals surface area contributed by atoms with E-state index >= 15 is 0 Å². The first-order valence-electron chi connectivity index (χ1n) is 3.52. The number of hydrogen-bond acceptors (Lipinski definition) is 3. The predicted octanol–water partition coefficient (Wildman–Crippen LogP) is 0.409. The lowest BCUT2D eigenvalue weighted by Crippen LogP contribution is -2.43. The average molecular weight is 247 g/mol. The van der Waals surface area contributed by atoms with Crippen LogP contribution < -0.4 is 0 Å². The molecule has 1 N–H and O–H groups in total. The Hall–Kier alpha value is -1.09. The Labute approximate surface area is 83.8 Å². The normalized spacial score (nSPS) is 12.8. The van der Waals surface area contributed by atoms with E-state index in [1.807, 2.05) is 0 Å². The number of carboxylic acid groups (broad SMARTS) is 1. The van der Waals surface area contributed by atoms with Gasteiger partial charge >= 0.3 is 21.5 Å². The van der Waals surface area contributed by atoms with Crippen molar-refractivity contribution in [2.24, 2.45) is 0 Å². The number of nitrogens with zero attached hydrogens (tertiary/aromatic N) is 1. The second-order valence-corrected chi connectivity index (χ2v) is 4.36. The van der Waals surface area contributed by atoms with Gasteiger partial charge in [0.25, 0.3) is 0 Å². The highest BCUT2D eigenvalue weighted by Crippen LogP contribution is 2.26. The zero-order valence-corrected chi connectivity index (χ0v) is 8.18. The number of aliphatic carboxylic acids is 1. The van der Waals surface area contributed by atoms with Gasteiger partial charge in [-0.25, -0.2) is 8.42 Å². The lowest BCUT2D eigenvalue weighted by atomic mass is 10.6. The average Bonchev–Trinajstić information content (AvgIpc) is 2.00. The molecule has 88 valence electrons. The molecule has 0 unspecified atom stereocenters. The molecule has 0 radical (unpaired) electrons. The van der Waals surface area contributed by atoms with E-state index in [1.54, 1.807) is 0 Å². The number of rotatable bonds is 5. The van der Waals surface area contributed by atoms with Gasteiger partial charge in [0.15, 0.2) is 0 Å². The van der Waals surface area contributed by atoms with E-state index in [1.165, 1.54) is 0 Å². The van der Waals surface area contributed by atoms with Crippen LogP contribution in [0.4, 0.5) is 13.2 Å². The molecule has 0 rings (SSSR count). The van der Waals surface area contributed by atoms with Crippen molar-refractivity contribution in [3.05, 3.63) is 12.7 Å². The molecular formula is C6H8F3NO4S. The summed E-state index contributed by atoms with van der Waals surface area (Å²) in [6.45, 7) is 1.07. The Morgan fingerprint density at radius 2 is 1.93 bits per heavy atom. The second-order valence-electron chi connectivity index (χ2n) is 2.43. The van der Waals surface area contributed by atoms with E-state index in [0.717, 1.165) is 6.08 Å². The lowest BCUT2D eigenvalue weighted by molar-refractivity contribution is -0.137. The van der Waals surface area contributed by atoms with Crippen LogP contribution in [-0.4, -0.2) is 42.4 Å². The Balaban J connectivity index is 5.08. The van der Waals surface area contributed by atoms with Crippen LogP contribution in [0, 0.1) is 0 Å². The summed E-state index contributed by atoms with van der Waals surface area (Å²) in [6, 6.07) is 0. The van der Waals surface area contributed by atoms with E-state index in [2.05, 4.69) is 6.58 Å². The predicted molar refractivity (Wildman–Crippen MR) is 44.4 cm³/mol. The van der Waals surface area contributed by atoms with Crippen molar-refractivity contribution in [2.75, 3.05) is 13.1 Å². The molecule has 0 aliphatic carbocycles. The Kier molecular flexibility index (Phi) is 4.28. The zero-order valence-electron chi connectivity index (χ0n) is 7.36. The second kappa shape index (κ2) is 4.62. The monoisotopic (exact) mass is 247 g/mol. The van der Waals surface area contributed by atoms with E-state index in [9.17, 15) is 26.4 Å². The molecule has 0 aliphatic heterocycles. The summed E-state index contributed by atoms with van der Waals surface area (Å²) in [7, 11) is -5.61. The zero-order chi connectivity index (χ0) is 12.3. The van der Waals surface area contributed by atoms with Gasteiger partial charge in [0, 0.05) is 6.54 Å². The Bertz CT molecular complexity index is 348. The largest absolute Gasteiger partial charge is 0.511 e. The van der Waals surface area contributed by atoms with Gasteiger partial charge in [-0.1, -0.05) is 6.08 Å². The molecule has 0 fully saturated rings. The summed E-state index contributed by atoms with van der Waals surface area (Å²) in [5.41, 5.74) is -5.51. The molecule has 0 atom stereocenters. The van der Waals surface area contributed by atoms with Gasteiger partial charge in [-0.15, -0.1) is 6.58 Å². The van der Waals surface area contributed by atoms with Crippen molar-refractivity contribution in [3.8, 4) is 0 Å². The first-order valence-corrected chi connectivity index (χ1v) is 4.96. The molecule has 0 saturated carbocycles. The van der Waals surface area contributed by atoms with Crippen LogP contribution in [0.25, 0.3) is 0 Å². The Morgan fingerprint density at radius 1 is 1.47 bits per heavy atom. The minimum Gasteiger partial charge on any atom is -0.480 e. The van der Waals surface area contributed by atoms with Gasteiger partial charge in [0.2, 0.25) is 0 Å². The van der Waals surface area contributed by atoms with Crippen LogP contribution in [0.1, 0.15) is 0 Å². The van der Waals surface area contributed by atoms with Crippen LogP contribution in [0.5, 0.6) is 0 Å². The quantitative estimate of drug-likeness (QED) is 0.714. The van der Waals surface area contributed by atoms with Crippen LogP contribution >= 0.6 is 0 Å². The van der Waals surface area contributed by atoms with E-state index < -0.39 is 34.6 Å². The SMILES string of the molecule is C=CCN(CC(=O)O)S(=O)(=O)C(F)(F)F. The molecule has 0 aromatic rings. The van der Waals surface area contributed by atoms with Gasteiger partial charge < -0.3 is 5.11 Å². The van der Waals surface area contributed by atoms with Gasteiger partial charge in [0.1, 0.15) is 6.54 Å². The molecular weight excluding hydrogens is 239 g/mol. The maximum atomic E-state index is 12.0. The highest BCUT2D eigenvalue weighted by atomic mass is 32.2. The number of halogens is 3. The number of sulfonamides is 1. The van der Waals surface area contributed by atoms with Crippen molar-refractivity contribution < 1.29 is 31.5 Å². The molecule has 0 bridgehead atoms. The third-order valence-electron chi connectivity index (χ3n) is 1.28. The van der Waals surface area contributed by atoms with Gasteiger partial charge in [-0.3, -0.25) is 4.79 Å². The standard InChI is InChI=1S/C6H8F3NO4S/c1-2-3-10(4-5(11)12)15(13,14)6(7,8)9/h2H,1,3-4H2,(H,11,12). The van der Waals surface area contributed by atoms with Crippen molar-refractivity contribution >= 4 is 16.0 Å². The summed E-state index contributed by atoms with van der Waals surface area (Å²) in [5, 5.41) is 8.23. The Morgan fingerprint density at radius 3 is 2.20 bits per heavy atom. The summed E-state index contributed by atoms with van der Waals surface area (Å²) < 4.78 is 57.3. The summed E-state index contributed by atoms with van der Waals surface area (Å²) >= 11 is 0. The molecule has 0 aliphatic rings. The van der Waals surface area contributed by atoms with Gasteiger partial charge in [-0.2, -0.15) is 17.5 Å². The van der Waals surface area contributed by atoms with Gasteiger partial charge in [0.05, 0.1) is 0 Å². The van der Waals surface area contributed by atoms with Crippen LogP contribution in [-0.2, 0) is 14.8 Å². The number of hydrogen-bond donors (Lipinski definition) is 1. The fraction of sp³-hybridized carbons (Fsp3) is 0.500. The van der Waals surface area contributed by atoms with Crippen molar-refractivity contribution in [1.29, 1.82) is 0 Å². The van der Waals surface area contributed by atoms with E-state index in [0.29, 0.717) is 0 Å².